The van der Waals surface area contributed by atoms with Gasteiger partial charge in [-0.1, -0.05) is 35.9 Å². The van der Waals surface area contributed by atoms with Crippen molar-refractivity contribution in [2.75, 3.05) is 19.6 Å². The van der Waals surface area contributed by atoms with Crippen molar-refractivity contribution in [3.63, 3.8) is 0 Å². The molecule has 0 atom stereocenters. The zero-order valence-corrected chi connectivity index (χ0v) is 13.9. The second-order valence-corrected chi connectivity index (χ2v) is 6.80. The van der Waals surface area contributed by atoms with Gasteiger partial charge in [-0.05, 0) is 37.5 Å². The van der Waals surface area contributed by atoms with Gasteiger partial charge in [0, 0.05) is 44.4 Å². The van der Waals surface area contributed by atoms with E-state index in [1.54, 1.807) is 0 Å². The van der Waals surface area contributed by atoms with Gasteiger partial charge in [-0.15, -0.1) is 0 Å². The molecule has 1 aromatic heterocycles. The normalized spacial score (nSPS) is 18.0. The van der Waals surface area contributed by atoms with Crippen molar-refractivity contribution in [3.05, 3.63) is 65.5 Å². The predicted octanol–water partition coefficient (Wildman–Crippen LogP) is 3.00. The SMILES string of the molecule is Cc1cccc(CC2(O)CCN(CCc3ccccn3)CC2)c1. The van der Waals surface area contributed by atoms with Crippen LogP contribution in [0.1, 0.15) is 29.7 Å². The minimum absolute atomic E-state index is 0.546. The summed E-state index contributed by atoms with van der Waals surface area (Å²) in [6, 6.07) is 14.6. The van der Waals surface area contributed by atoms with Crippen LogP contribution in [0.3, 0.4) is 0 Å². The second kappa shape index (κ2) is 7.24. The number of hydrogen-bond donors (Lipinski definition) is 1. The maximum Gasteiger partial charge on any atom is 0.0712 e. The third kappa shape index (κ3) is 4.63. The van der Waals surface area contributed by atoms with E-state index in [0.717, 1.165) is 51.0 Å². The summed E-state index contributed by atoms with van der Waals surface area (Å²) in [5.74, 6) is 0. The lowest BCUT2D eigenvalue weighted by atomic mass is 9.85. The van der Waals surface area contributed by atoms with Crippen LogP contribution in [0.15, 0.2) is 48.7 Å². The number of pyridine rings is 1. The first-order valence-electron chi connectivity index (χ1n) is 8.53. The fourth-order valence-corrected chi connectivity index (χ4v) is 3.39. The van der Waals surface area contributed by atoms with E-state index in [4.69, 9.17) is 0 Å². The number of aliphatic hydroxyl groups is 1. The van der Waals surface area contributed by atoms with Crippen LogP contribution in [-0.2, 0) is 12.8 Å². The molecule has 1 fully saturated rings. The lowest BCUT2D eigenvalue weighted by Crippen LogP contribution is -2.46. The van der Waals surface area contributed by atoms with E-state index in [-0.39, 0.29) is 0 Å². The van der Waals surface area contributed by atoms with Crippen LogP contribution in [0.5, 0.6) is 0 Å². The molecule has 1 aliphatic heterocycles. The number of piperidine rings is 1. The van der Waals surface area contributed by atoms with Gasteiger partial charge in [0.05, 0.1) is 5.60 Å². The molecule has 23 heavy (non-hydrogen) atoms. The van der Waals surface area contributed by atoms with Gasteiger partial charge in [0.15, 0.2) is 0 Å². The van der Waals surface area contributed by atoms with Gasteiger partial charge in [0.25, 0.3) is 0 Å². The topological polar surface area (TPSA) is 36.4 Å². The van der Waals surface area contributed by atoms with Crippen LogP contribution >= 0.6 is 0 Å². The van der Waals surface area contributed by atoms with Crippen LogP contribution in [0, 0.1) is 6.92 Å². The monoisotopic (exact) mass is 310 g/mol. The minimum Gasteiger partial charge on any atom is -0.389 e. The van der Waals surface area contributed by atoms with E-state index >= 15 is 0 Å². The van der Waals surface area contributed by atoms with Crippen LogP contribution in [-0.4, -0.2) is 40.2 Å². The molecule has 2 aromatic rings. The number of benzene rings is 1. The summed E-state index contributed by atoms with van der Waals surface area (Å²) >= 11 is 0. The molecule has 1 saturated heterocycles. The Morgan fingerprint density at radius 1 is 1.13 bits per heavy atom. The summed E-state index contributed by atoms with van der Waals surface area (Å²) < 4.78 is 0. The van der Waals surface area contributed by atoms with Crippen molar-refractivity contribution < 1.29 is 5.11 Å². The number of nitrogens with zero attached hydrogens (tertiary/aromatic N) is 2. The van der Waals surface area contributed by atoms with E-state index in [0.29, 0.717) is 0 Å². The van der Waals surface area contributed by atoms with Crippen molar-refractivity contribution in [2.45, 2.75) is 38.2 Å². The first kappa shape index (κ1) is 16.2. The quantitative estimate of drug-likeness (QED) is 0.922. The molecule has 0 saturated carbocycles. The zero-order valence-electron chi connectivity index (χ0n) is 13.9. The zero-order chi connectivity index (χ0) is 16.1. The lowest BCUT2D eigenvalue weighted by Gasteiger charge is -2.38. The number of aryl methyl sites for hydroxylation is 1. The Bertz CT molecular complexity index is 619. The van der Waals surface area contributed by atoms with E-state index in [9.17, 15) is 5.11 Å². The number of hydrogen-bond acceptors (Lipinski definition) is 3. The average molecular weight is 310 g/mol. The van der Waals surface area contributed by atoms with E-state index < -0.39 is 5.60 Å². The van der Waals surface area contributed by atoms with Crippen LogP contribution in [0.2, 0.25) is 0 Å². The van der Waals surface area contributed by atoms with Gasteiger partial charge < -0.3 is 10.0 Å². The van der Waals surface area contributed by atoms with Crippen LogP contribution in [0.25, 0.3) is 0 Å². The Labute approximate surface area is 139 Å². The Morgan fingerprint density at radius 3 is 2.65 bits per heavy atom. The van der Waals surface area contributed by atoms with Crippen LogP contribution < -0.4 is 0 Å². The van der Waals surface area contributed by atoms with Gasteiger partial charge in [0.1, 0.15) is 0 Å². The van der Waals surface area contributed by atoms with E-state index in [1.807, 2.05) is 18.3 Å². The van der Waals surface area contributed by atoms with Crippen molar-refractivity contribution in [1.82, 2.24) is 9.88 Å². The Hall–Kier alpha value is -1.71. The highest BCUT2D eigenvalue weighted by molar-refractivity contribution is 5.23. The van der Waals surface area contributed by atoms with Gasteiger partial charge in [-0.2, -0.15) is 0 Å². The largest absolute Gasteiger partial charge is 0.389 e. The highest BCUT2D eigenvalue weighted by Crippen LogP contribution is 2.26. The van der Waals surface area contributed by atoms with Crippen molar-refractivity contribution in [2.24, 2.45) is 0 Å². The summed E-state index contributed by atoms with van der Waals surface area (Å²) in [7, 11) is 0. The number of rotatable bonds is 5. The van der Waals surface area contributed by atoms with Gasteiger partial charge in [-0.25, -0.2) is 0 Å². The summed E-state index contributed by atoms with van der Waals surface area (Å²) in [5, 5.41) is 10.9. The lowest BCUT2D eigenvalue weighted by molar-refractivity contribution is -0.0203. The molecule has 1 N–H and O–H groups in total. The fraction of sp³-hybridized carbons (Fsp3) is 0.450. The molecule has 0 amide bonds. The average Bonchev–Trinajstić information content (AvgIpc) is 2.55. The minimum atomic E-state index is -0.546. The molecule has 0 spiro atoms. The molecular formula is C20H26N2O. The summed E-state index contributed by atoms with van der Waals surface area (Å²) in [5.41, 5.74) is 3.11. The van der Waals surface area contributed by atoms with Crippen LogP contribution in [0.4, 0.5) is 0 Å². The third-order valence-electron chi connectivity index (χ3n) is 4.81. The highest BCUT2D eigenvalue weighted by atomic mass is 16.3. The van der Waals surface area contributed by atoms with E-state index in [1.165, 1.54) is 11.1 Å². The Kier molecular flexibility index (Phi) is 5.09. The molecule has 1 aromatic carbocycles. The molecule has 0 bridgehead atoms. The molecule has 2 heterocycles. The maximum atomic E-state index is 10.9. The second-order valence-electron chi connectivity index (χ2n) is 6.80. The first-order valence-corrected chi connectivity index (χ1v) is 8.53. The van der Waals surface area contributed by atoms with E-state index in [2.05, 4.69) is 47.1 Å². The predicted molar refractivity (Wildman–Crippen MR) is 93.4 cm³/mol. The molecule has 3 rings (SSSR count). The van der Waals surface area contributed by atoms with Gasteiger partial charge in [-0.3, -0.25) is 4.98 Å². The van der Waals surface area contributed by atoms with Crippen molar-refractivity contribution in [1.29, 1.82) is 0 Å². The smallest absolute Gasteiger partial charge is 0.0712 e. The molecule has 0 aliphatic carbocycles. The Balaban J connectivity index is 1.49. The first-order chi connectivity index (χ1) is 11.1. The summed E-state index contributed by atoms with van der Waals surface area (Å²) in [6.07, 6.45) is 5.30. The standard InChI is InChI=1S/C20H26N2O/c1-17-5-4-6-18(15-17)16-20(23)9-13-22(14-10-20)12-8-19-7-2-3-11-21-19/h2-7,11,15,23H,8-10,12-14,16H2,1H3. The summed E-state index contributed by atoms with van der Waals surface area (Å²) in [4.78, 5) is 6.82. The molecule has 3 heteroatoms. The molecular weight excluding hydrogens is 284 g/mol. The fourth-order valence-electron chi connectivity index (χ4n) is 3.39. The molecule has 122 valence electrons. The number of likely N-dealkylation sites (tertiary alicyclic amines) is 1. The maximum absolute atomic E-state index is 10.9. The summed E-state index contributed by atoms with van der Waals surface area (Å²) in [6.45, 7) is 5.07. The molecule has 3 nitrogen and oxygen atoms in total. The molecule has 1 aliphatic rings. The Morgan fingerprint density at radius 2 is 1.96 bits per heavy atom. The van der Waals surface area contributed by atoms with Crippen molar-refractivity contribution in [3.8, 4) is 0 Å². The molecule has 0 unspecified atom stereocenters. The third-order valence-corrected chi connectivity index (χ3v) is 4.81. The number of aromatic nitrogens is 1. The van der Waals surface area contributed by atoms with Crippen molar-refractivity contribution >= 4 is 0 Å². The molecule has 0 radical (unpaired) electrons. The van der Waals surface area contributed by atoms with Gasteiger partial charge in [0.2, 0.25) is 0 Å². The highest BCUT2D eigenvalue weighted by Gasteiger charge is 2.32. The van der Waals surface area contributed by atoms with Gasteiger partial charge >= 0.3 is 0 Å².